The van der Waals surface area contributed by atoms with Crippen molar-refractivity contribution in [2.45, 2.75) is 25.9 Å². The van der Waals surface area contributed by atoms with E-state index >= 15 is 0 Å². The van der Waals surface area contributed by atoms with Crippen molar-refractivity contribution in [1.29, 1.82) is 0 Å². The zero-order valence-electron chi connectivity index (χ0n) is 9.28. The minimum absolute atomic E-state index is 0. The third-order valence-electron chi connectivity index (χ3n) is 1.86. The largest absolute Gasteiger partial charge is 0.341 e. The summed E-state index contributed by atoms with van der Waals surface area (Å²) in [7, 11) is 0. The molecule has 2 atom stereocenters. The zero-order chi connectivity index (χ0) is 12.6. The molecule has 6 N–H and O–H groups in total. The van der Waals surface area contributed by atoms with Crippen LogP contribution >= 0.6 is 0 Å². The highest BCUT2D eigenvalue weighted by molar-refractivity contribution is 5.97. The summed E-state index contributed by atoms with van der Waals surface area (Å²) >= 11 is 0. The molecule has 0 radical (unpaired) electrons. The number of hydroxylamine groups is 2. The van der Waals surface area contributed by atoms with Crippen LogP contribution in [0.5, 0.6) is 0 Å². The maximum atomic E-state index is 11.2. The number of carbonyl (C=O) groups excluding carboxylic acids is 2. The Kier molecular flexibility index (Phi) is 7.38. The van der Waals surface area contributed by atoms with Gasteiger partial charge in [-0.15, -0.1) is 0 Å². The highest BCUT2D eigenvalue weighted by Crippen LogP contribution is 1.95. The first-order chi connectivity index (χ1) is 7.69. The molecule has 8 nitrogen and oxygen atoms in total. The first-order valence-electron chi connectivity index (χ1n) is 5.03. The van der Waals surface area contributed by atoms with E-state index in [4.69, 9.17) is 10.4 Å². The Morgan fingerprint density at radius 1 is 1.06 bits per heavy atom. The minimum Gasteiger partial charge on any atom is -0.341 e. The molecule has 2 amide bonds. The van der Waals surface area contributed by atoms with E-state index in [0.29, 0.717) is 0 Å². The summed E-state index contributed by atoms with van der Waals surface area (Å²) < 4.78 is 0. The van der Waals surface area contributed by atoms with Crippen LogP contribution in [-0.2, 0) is 9.59 Å². The van der Waals surface area contributed by atoms with Crippen LogP contribution in [0, 0.1) is 0 Å². The van der Waals surface area contributed by atoms with Crippen LogP contribution in [0.25, 0.3) is 0 Å². The second-order valence-corrected chi connectivity index (χ2v) is 2.85. The van der Waals surface area contributed by atoms with Gasteiger partial charge in [-0.1, -0.05) is 13.8 Å². The molecule has 0 aromatic heterocycles. The molecular weight excluding hydrogens is 216 g/mol. The maximum Gasteiger partial charge on any atom is 0.244 e. The molecule has 102 valence electrons. The lowest BCUT2D eigenvalue weighted by Gasteiger charge is -2.28. The number of piperazine rings is 1. The Labute approximate surface area is 99.3 Å². The average molecular weight is 242 g/mol. The fraction of sp³-hybridized carbons (Fsp3) is 0.750. The van der Waals surface area contributed by atoms with E-state index in [0.717, 1.165) is 0 Å². The number of amides is 2. The van der Waals surface area contributed by atoms with E-state index in [9.17, 15) is 9.59 Å². The third-order valence-corrected chi connectivity index (χ3v) is 1.86. The summed E-state index contributed by atoms with van der Waals surface area (Å²) in [5, 5.41) is 21.5. The molecule has 1 fully saturated rings. The van der Waals surface area contributed by atoms with Gasteiger partial charge in [0.2, 0.25) is 11.8 Å². The Hall–Kier alpha value is -1.22. The first-order valence-corrected chi connectivity index (χ1v) is 5.03. The van der Waals surface area contributed by atoms with Crippen molar-refractivity contribution in [2.75, 3.05) is 13.1 Å². The first kappa shape index (κ1) is 14.8. The summed E-state index contributed by atoms with van der Waals surface area (Å²) in [5.41, 5.74) is 3.59. The Balaban J connectivity index is -0.000000119. The van der Waals surface area contributed by atoms with Crippen molar-refractivity contribution in [3.8, 4) is 0 Å². The topological polar surface area (TPSA) is 123 Å². The summed E-state index contributed by atoms with van der Waals surface area (Å²) in [4.78, 5) is 22.5. The van der Waals surface area contributed by atoms with Gasteiger partial charge < -0.3 is 21.0 Å². The van der Waals surface area contributed by atoms with Crippen molar-refractivity contribution in [3.05, 3.63) is 0 Å². The van der Waals surface area contributed by atoms with Crippen molar-refractivity contribution in [3.63, 3.8) is 0 Å². The minimum atomic E-state index is -0.789. The molecule has 1 aliphatic rings. The molecule has 0 saturated carbocycles. The van der Waals surface area contributed by atoms with E-state index in [-0.39, 0.29) is 18.8 Å². The summed E-state index contributed by atoms with van der Waals surface area (Å²) in [6.07, 6.45) is 0. The van der Waals surface area contributed by atoms with Crippen LogP contribution in [-0.4, -0.2) is 47.4 Å². The van der Waals surface area contributed by atoms with Gasteiger partial charge in [-0.25, -0.2) is 11.0 Å². The summed E-state index contributed by atoms with van der Waals surface area (Å²) in [6.45, 7) is 3.88. The van der Waals surface area contributed by atoms with Crippen LogP contribution < -0.4 is 21.6 Å². The molecular formula is C8H26N4O4. The Bertz CT molecular complexity index is 227. The normalized spacial score (nSPS) is 24.0. The van der Waals surface area contributed by atoms with Gasteiger partial charge in [0.15, 0.2) is 0 Å². The lowest BCUT2D eigenvalue weighted by Crippen LogP contribution is -2.65. The van der Waals surface area contributed by atoms with Gasteiger partial charge in [0.1, 0.15) is 12.1 Å². The van der Waals surface area contributed by atoms with Gasteiger partial charge in [-0.2, -0.15) is 0 Å². The number of rotatable bonds is 4. The summed E-state index contributed by atoms with van der Waals surface area (Å²) in [5.74, 6) is -0.821. The monoisotopic (exact) mass is 242 g/mol. The van der Waals surface area contributed by atoms with E-state index in [2.05, 4.69) is 10.6 Å². The van der Waals surface area contributed by atoms with Crippen LogP contribution in [0.2, 0.25) is 0 Å². The molecule has 1 heterocycles. The molecule has 0 aromatic rings. The van der Waals surface area contributed by atoms with Crippen LogP contribution in [0.1, 0.15) is 19.6 Å². The molecule has 16 heavy (non-hydrogen) atoms. The van der Waals surface area contributed by atoms with Gasteiger partial charge in [0.05, 0.1) is 13.1 Å². The van der Waals surface area contributed by atoms with Crippen LogP contribution in [0.3, 0.4) is 0 Å². The zero-order valence-corrected chi connectivity index (χ0v) is 9.28. The van der Waals surface area contributed by atoms with Gasteiger partial charge in [-0.3, -0.25) is 9.59 Å². The third kappa shape index (κ3) is 4.11. The molecule has 1 rings (SSSR count). The highest BCUT2D eigenvalue weighted by Gasteiger charge is 2.32. The molecule has 0 bridgehead atoms. The Morgan fingerprint density at radius 3 is 1.62 bits per heavy atom. The molecule has 0 spiro atoms. The van der Waals surface area contributed by atoms with E-state index in [1.807, 2.05) is 13.8 Å². The Morgan fingerprint density at radius 2 is 1.38 bits per heavy atom. The van der Waals surface area contributed by atoms with E-state index in [1.54, 1.807) is 11.0 Å². The fourth-order valence-corrected chi connectivity index (χ4v) is 1.15. The molecule has 0 aromatic carbocycles. The highest BCUT2D eigenvalue weighted by atomic mass is 16.5. The lowest BCUT2D eigenvalue weighted by molar-refractivity contribution is -0.137. The second kappa shape index (κ2) is 7.99. The number of carbonyl (C=O) groups is 2. The average Bonchev–Trinajstić information content (AvgIpc) is 2.29. The summed E-state index contributed by atoms with van der Waals surface area (Å²) in [6, 6.07) is -1.58. The number of nitrogens with one attached hydrogen (secondary N) is 4. The SMILES string of the molecule is CC.O=C1NC(CNO)C(=O)NC1CNO.[HH].[HH].[HH].[HH]. The quantitative estimate of drug-likeness (QED) is 0.349. The van der Waals surface area contributed by atoms with Crippen molar-refractivity contribution >= 4 is 11.8 Å². The van der Waals surface area contributed by atoms with Gasteiger partial charge in [0.25, 0.3) is 0 Å². The van der Waals surface area contributed by atoms with Crippen molar-refractivity contribution in [2.24, 2.45) is 0 Å². The van der Waals surface area contributed by atoms with E-state index < -0.39 is 23.9 Å². The van der Waals surface area contributed by atoms with Crippen LogP contribution in [0.4, 0.5) is 0 Å². The van der Waals surface area contributed by atoms with Gasteiger partial charge >= 0.3 is 0 Å². The van der Waals surface area contributed by atoms with Gasteiger partial charge in [-0.05, 0) is 0 Å². The lowest BCUT2D eigenvalue weighted by atomic mass is 10.1. The number of hydrogen-bond donors (Lipinski definition) is 6. The van der Waals surface area contributed by atoms with Gasteiger partial charge in [0, 0.05) is 5.71 Å². The fourth-order valence-electron chi connectivity index (χ4n) is 1.15. The van der Waals surface area contributed by atoms with Crippen molar-refractivity contribution < 1.29 is 25.7 Å². The maximum absolute atomic E-state index is 11.2. The van der Waals surface area contributed by atoms with Crippen molar-refractivity contribution in [1.82, 2.24) is 21.6 Å². The predicted octanol–water partition coefficient (Wildman–Crippen LogP) is -1.06. The number of hydrogen-bond acceptors (Lipinski definition) is 6. The standard InChI is InChI=1S/C6H12N4O4.C2H6.4H2/c11-5-3(1-7-13)9-6(12)4(10-5)2-8-14;1-2;;;;/h3-4,7-8,13-14H,1-2H2,(H,9,12)(H,10,11);1-2H3;4*1H. The molecule has 8 heteroatoms. The molecule has 0 aliphatic carbocycles. The predicted molar refractivity (Wildman–Crippen MR) is 63.2 cm³/mol. The van der Waals surface area contributed by atoms with Crippen LogP contribution in [0.15, 0.2) is 0 Å². The molecule has 1 saturated heterocycles. The molecule has 1 aliphatic heterocycles. The smallest absolute Gasteiger partial charge is 0.244 e. The molecule has 2 unspecified atom stereocenters. The second-order valence-electron chi connectivity index (χ2n) is 2.85. The van der Waals surface area contributed by atoms with E-state index in [1.165, 1.54) is 0 Å².